The van der Waals surface area contributed by atoms with Crippen LogP contribution in [-0.4, -0.2) is 95.8 Å². The molecule has 2 aliphatic heterocycles. The summed E-state index contributed by atoms with van der Waals surface area (Å²) in [5.74, 6) is -4.40. The van der Waals surface area contributed by atoms with Crippen molar-refractivity contribution in [3.63, 3.8) is 0 Å². The van der Waals surface area contributed by atoms with Crippen LogP contribution in [0.3, 0.4) is 0 Å². The number of para-hydroxylation sites is 1. The number of nitrogens with one attached hydrogen (secondary N) is 6. The van der Waals surface area contributed by atoms with E-state index in [1.54, 1.807) is 0 Å². The van der Waals surface area contributed by atoms with Gasteiger partial charge in [0.15, 0.2) is 0 Å². The van der Waals surface area contributed by atoms with E-state index >= 15 is 0 Å². The third-order valence-electron chi connectivity index (χ3n) is 9.47. The molecule has 298 valence electrons. The zero-order valence-corrected chi connectivity index (χ0v) is 30.4. The number of alkyl halides is 3. The smallest absolute Gasteiger partial charge is 0.475 e. The average Bonchev–Trinajstić information content (AvgIpc) is 3.59. The molecular formula is C40H45F3N6O7. The molecule has 7 N–H and O–H groups in total. The quantitative estimate of drug-likeness (QED) is 0.142. The zero-order chi connectivity index (χ0) is 40.1. The highest BCUT2D eigenvalue weighted by atomic mass is 19.4. The van der Waals surface area contributed by atoms with Gasteiger partial charge in [-0.05, 0) is 42.0 Å². The predicted octanol–water partition coefficient (Wildman–Crippen LogP) is 2.94. The van der Waals surface area contributed by atoms with Crippen LogP contribution in [0.5, 0.6) is 0 Å². The number of fused-ring (bicyclic) bond motifs is 1. The van der Waals surface area contributed by atoms with E-state index < -0.39 is 48.1 Å². The molecule has 2 aliphatic rings. The van der Waals surface area contributed by atoms with E-state index in [0.717, 1.165) is 27.6 Å². The minimum Gasteiger partial charge on any atom is -0.475 e. The first-order chi connectivity index (χ1) is 26.9. The van der Waals surface area contributed by atoms with Crippen LogP contribution in [0.15, 0.2) is 91.1 Å². The number of hydrogen-bond donors (Lipinski definition) is 7. The van der Waals surface area contributed by atoms with Crippen LogP contribution in [-0.2, 0) is 48.0 Å². The van der Waals surface area contributed by atoms with Crippen molar-refractivity contribution in [2.75, 3.05) is 19.8 Å². The third-order valence-corrected chi connectivity index (χ3v) is 9.47. The minimum atomic E-state index is -5.08. The van der Waals surface area contributed by atoms with Gasteiger partial charge in [-0.1, -0.05) is 78.9 Å². The molecule has 0 bridgehead atoms. The van der Waals surface area contributed by atoms with Crippen molar-refractivity contribution >= 4 is 40.5 Å². The summed E-state index contributed by atoms with van der Waals surface area (Å²) in [6.07, 6.45) is -1.09. The van der Waals surface area contributed by atoms with Gasteiger partial charge in [0.1, 0.15) is 12.1 Å². The van der Waals surface area contributed by atoms with Gasteiger partial charge < -0.3 is 41.4 Å². The Bertz CT molecular complexity index is 1940. The van der Waals surface area contributed by atoms with Crippen molar-refractivity contribution in [1.29, 1.82) is 0 Å². The Morgan fingerprint density at radius 2 is 1.30 bits per heavy atom. The zero-order valence-electron chi connectivity index (χ0n) is 30.4. The summed E-state index contributed by atoms with van der Waals surface area (Å²) in [5.41, 5.74) is 3.61. The molecule has 0 radical (unpaired) electrons. The summed E-state index contributed by atoms with van der Waals surface area (Å²) in [6, 6.07) is 23.6. The summed E-state index contributed by atoms with van der Waals surface area (Å²) in [7, 11) is 0. The summed E-state index contributed by atoms with van der Waals surface area (Å²) in [6.45, 7) is 1.28. The number of carbonyl (C=O) groups excluding carboxylic acids is 4. The number of benzene rings is 3. The number of aromatic amines is 1. The van der Waals surface area contributed by atoms with E-state index in [9.17, 15) is 32.3 Å². The van der Waals surface area contributed by atoms with Gasteiger partial charge in [0.25, 0.3) is 0 Å². The van der Waals surface area contributed by atoms with Crippen molar-refractivity contribution in [1.82, 2.24) is 31.6 Å². The van der Waals surface area contributed by atoms with Gasteiger partial charge in [0.2, 0.25) is 23.6 Å². The molecule has 1 aromatic heterocycles. The molecule has 16 heteroatoms. The second-order valence-corrected chi connectivity index (χ2v) is 13.7. The Kier molecular flexibility index (Phi) is 14.6. The molecule has 3 heterocycles. The average molecular weight is 779 g/mol. The Labute approximate surface area is 321 Å². The summed E-state index contributed by atoms with van der Waals surface area (Å²) in [5, 5.41) is 23.5. The van der Waals surface area contributed by atoms with E-state index in [2.05, 4.69) is 31.6 Å². The minimum absolute atomic E-state index is 0.0163. The van der Waals surface area contributed by atoms with Gasteiger partial charge in [-0.25, -0.2) is 4.79 Å². The Morgan fingerprint density at radius 3 is 1.95 bits per heavy atom. The Morgan fingerprint density at radius 1 is 0.750 bits per heavy atom. The largest absolute Gasteiger partial charge is 0.490 e. The summed E-state index contributed by atoms with van der Waals surface area (Å²) in [4.78, 5) is 67.9. The Balaban J connectivity index is 0.000000784. The van der Waals surface area contributed by atoms with Gasteiger partial charge >= 0.3 is 12.1 Å². The van der Waals surface area contributed by atoms with Crippen molar-refractivity contribution in [2.45, 2.75) is 74.9 Å². The van der Waals surface area contributed by atoms with Gasteiger partial charge in [0.05, 0.1) is 18.5 Å². The maximum atomic E-state index is 14.2. The molecule has 3 aromatic carbocycles. The molecule has 0 spiro atoms. The first-order valence-corrected chi connectivity index (χ1v) is 18.3. The second kappa shape index (κ2) is 19.7. The number of hydrogen-bond acceptors (Lipinski definition) is 7. The summed E-state index contributed by atoms with van der Waals surface area (Å²) < 4.78 is 37.2. The fraction of sp³-hybridized carbons (Fsp3) is 0.375. The topological polar surface area (TPSA) is 191 Å². The number of aromatic nitrogens is 1. The van der Waals surface area contributed by atoms with Crippen LogP contribution in [0.1, 0.15) is 36.0 Å². The molecule has 13 nitrogen and oxygen atoms in total. The molecule has 6 rings (SSSR count). The molecule has 0 unspecified atom stereocenters. The molecule has 56 heavy (non-hydrogen) atoms. The van der Waals surface area contributed by atoms with E-state index in [1.807, 2.05) is 91.1 Å². The monoisotopic (exact) mass is 778 g/mol. The fourth-order valence-corrected chi connectivity index (χ4v) is 6.58. The number of carbonyl (C=O) groups is 5. The van der Waals surface area contributed by atoms with Crippen molar-refractivity contribution in [3.05, 3.63) is 108 Å². The van der Waals surface area contributed by atoms with Gasteiger partial charge in [-0.15, -0.1) is 0 Å². The first-order valence-electron chi connectivity index (χ1n) is 18.3. The number of rotatable bonds is 8. The fourth-order valence-electron chi connectivity index (χ4n) is 6.58. The highest BCUT2D eigenvalue weighted by Crippen LogP contribution is 2.20. The normalized spacial score (nSPS) is 21.7. The van der Waals surface area contributed by atoms with Crippen molar-refractivity contribution in [3.8, 4) is 0 Å². The molecule has 4 atom stereocenters. The number of carboxylic acid groups (broad SMARTS) is 1. The number of halogens is 3. The highest BCUT2D eigenvalue weighted by molar-refractivity contribution is 5.95. The van der Waals surface area contributed by atoms with Crippen LogP contribution >= 0.6 is 0 Å². The molecule has 2 saturated heterocycles. The summed E-state index contributed by atoms with van der Waals surface area (Å²) >= 11 is 0. The number of ether oxygens (including phenoxy) is 1. The molecule has 2 fully saturated rings. The second-order valence-electron chi connectivity index (χ2n) is 13.7. The Hall–Kier alpha value is -5.74. The lowest BCUT2D eigenvalue weighted by Crippen LogP contribution is -2.60. The van der Waals surface area contributed by atoms with E-state index in [4.69, 9.17) is 14.6 Å². The lowest BCUT2D eigenvalue weighted by Gasteiger charge is -2.30. The first kappa shape index (κ1) is 41.4. The predicted molar refractivity (Wildman–Crippen MR) is 200 cm³/mol. The maximum absolute atomic E-state index is 14.2. The highest BCUT2D eigenvalue weighted by Gasteiger charge is 2.38. The van der Waals surface area contributed by atoms with Gasteiger partial charge in [-0.2, -0.15) is 13.2 Å². The third kappa shape index (κ3) is 12.4. The molecule has 0 aliphatic carbocycles. The van der Waals surface area contributed by atoms with E-state index in [1.165, 1.54) is 0 Å². The molecule has 4 amide bonds. The van der Waals surface area contributed by atoms with Crippen molar-refractivity contribution in [2.24, 2.45) is 0 Å². The van der Waals surface area contributed by atoms with Crippen LogP contribution in [0, 0.1) is 0 Å². The SMILES string of the molecule is O=C(O)C(F)(F)F.O=C1C[C@H](NC2CCOCC2)C(=O)N[C@@H](Cc2c[nH]c3ccccc23)C(=O)N[C@@H](Cc2ccccc2)C(=O)N[C@H](Cc2ccccc2)CN1. The number of H-pyrrole nitrogens is 1. The lowest BCUT2D eigenvalue weighted by molar-refractivity contribution is -0.192. The maximum Gasteiger partial charge on any atom is 0.490 e. The number of amides is 4. The number of aliphatic carboxylic acids is 1. The molecular weight excluding hydrogens is 733 g/mol. The standard InChI is InChI=1S/C38H44N6O5.C2HF3O2/c45-35-22-34(41-28-15-17-49-18-16-28)38(48)44-33(21-27-23-39-31-14-8-7-13-30(27)31)37(47)43-32(20-26-11-5-2-6-12-26)36(46)42-29(24-40-35)19-25-9-3-1-4-10-25;3-2(4,5)1(6)7/h1-14,23,28-29,32-34,39,41H,15-22,24H2,(H,40,45)(H,42,46)(H,43,47)(H,44,48);(H,6,7)/t29-,32+,33+,34+;/m1./s1. The lowest BCUT2D eigenvalue weighted by atomic mass is 10.00. The van der Waals surface area contributed by atoms with E-state index in [0.29, 0.717) is 32.5 Å². The van der Waals surface area contributed by atoms with Gasteiger partial charge in [0, 0.05) is 55.7 Å². The van der Waals surface area contributed by atoms with Crippen LogP contribution in [0.2, 0.25) is 0 Å². The van der Waals surface area contributed by atoms with Gasteiger partial charge in [-0.3, -0.25) is 19.2 Å². The van der Waals surface area contributed by atoms with Crippen LogP contribution in [0.25, 0.3) is 10.9 Å². The number of carboxylic acids is 1. The molecule has 0 saturated carbocycles. The van der Waals surface area contributed by atoms with Crippen molar-refractivity contribution < 1.29 is 47.0 Å². The van der Waals surface area contributed by atoms with Crippen LogP contribution in [0.4, 0.5) is 13.2 Å². The molecule has 4 aromatic rings. The van der Waals surface area contributed by atoms with Crippen LogP contribution < -0.4 is 26.6 Å². The van der Waals surface area contributed by atoms with E-state index in [-0.39, 0.29) is 43.7 Å².